The summed E-state index contributed by atoms with van der Waals surface area (Å²) in [5.41, 5.74) is 1.07. The maximum Gasteiger partial charge on any atom is 0.475 e. The van der Waals surface area contributed by atoms with Gasteiger partial charge in [-0.25, -0.2) is 0 Å². The van der Waals surface area contributed by atoms with Crippen LogP contribution in [-0.4, -0.2) is 59.3 Å². The third kappa shape index (κ3) is 2.70. The molecule has 3 aliphatic rings. The van der Waals surface area contributed by atoms with Gasteiger partial charge in [-0.1, -0.05) is 18.2 Å². The lowest BCUT2D eigenvalue weighted by Gasteiger charge is -2.36. The van der Waals surface area contributed by atoms with Crippen molar-refractivity contribution in [2.75, 3.05) is 6.61 Å². The summed E-state index contributed by atoms with van der Waals surface area (Å²) in [6.07, 6.45) is 4.18. The highest BCUT2D eigenvalue weighted by atomic mass is 16.5. The van der Waals surface area contributed by atoms with Crippen molar-refractivity contribution in [1.82, 2.24) is 4.90 Å². The Kier molecular flexibility index (Phi) is 4.24. The summed E-state index contributed by atoms with van der Waals surface area (Å²) >= 11 is 0. The number of carbonyl (C=O) groups excluding carboxylic acids is 1. The van der Waals surface area contributed by atoms with Gasteiger partial charge in [0.15, 0.2) is 0 Å². The average molecular weight is 331 g/mol. The van der Waals surface area contributed by atoms with Crippen LogP contribution in [0.15, 0.2) is 24.3 Å². The zero-order valence-corrected chi connectivity index (χ0v) is 13.5. The van der Waals surface area contributed by atoms with Crippen molar-refractivity contribution in [3.63, 3.8) is 0 Å². The second kappa shape index (κ2) is 6.39. The highest BCUT2D eigenvalue weighted by Crippen LogP contribution is 2.40. The fourth-order valence-electron chi connectivity index (χ4n) is 4.44. The van der Waals surface area contributed by atoms with Crippen LogP contribution in [-0.2, 0) is 9.53 Å². The molecule has 2 N–H and O–H groups in total. The number of para-hydroxylation sites is 1. The molecule has 2 fully saturated rings. The van der Waals surface area contributed by atoms with Crippen LogP contribution in [0.1, 0.15) is 37.2 Å². The number of benzene rings is 1. The summed E-state index contributed by atoms with van der Waals surface area (Å²) in [5, 5.41) is 19.9. The molecular formula is C17H22BNO5. The van der Waals surface area contributed by atoms with Crippen LogP contribution < -0.4 is 4.74 Å². The lowest BCUT2D eigenvalue weighted by molar-refractivity contribution is -0.123. The molecule has 1 aromatic carbocycles. The molecule has 6 nitrogen and oxygen atoms in total. The molecule has 0 radical (unpaired) electrons. The van der Waals surface area contributed by atoms with Crippen LogP contribution in [0, 0.1) is 0 Å². The number of ether oxygens (including phenoxy) is 2. The highest BCUT2D eigenvalue weighted by Gasteiger charge is 2.47. The Labute approximate surface area is 141 Å². The first-order valence-electron chi connectivity index (χ1n) is 8.63. The zero-order chi connectivity index (χ0) is 16.7. The summed E-state index contributed by atoms with van der Waals surface area (Å²) in [6.45, 7) is 0.502. The number of hydrogen-bond donors (Lipinski definition) is 2. The SMILES string of the molecule is O=CN([C@@H](C[C@@H]1COc2ccccc21)B(O)O)[C@H]1C[C@@H]2CC[C@H]1O2. The van der Waals surface area contributed by atoms with Crippen molar-refractivity contribution in [3.8, 4) is 5.75 Å². The molecule has 7 heteroatoms. The van der Waals surface area contributed by atoms with E-state index in [0.29, 0.717) is 13.0 Å². The Bertz CT molecular complexity index is 612. The minimum absolute atomic E-state index is 0.0218. The molecule has 0 aromatic heterocycles. The van der Waals surface area contributed by atoms with E-state index < -0.39 is 13.1 Å². The molecule has 3 aliphatic heterocycles. The van der Waals surface area contributed by atoms with Gasteiger partial charge >= 0.3 is 7.12 Å². The summed E-state index contributed by atoms with van der Waals surface area (Å²) < 4.78 is 11.5. The Hall–Kier alpha value is -1.57. The largest absolute Gasteiger partial charge is 0.493 e. The number of rotatable bonds is 6. The van der Waals surface area contributed by atoms with E-state index in [1.54, 1.807) is 4.90 Å². The molecule has 2 saturated heterocycles. The van der Waals surface area contributed by atoms with Gasteiger partial charge in [0, 0.05) is 11.5 Å². The molecule has 24 heavy (non-hydrogen) atoms. The predicted octanol–water partition coefficient (Wildman–Crippen LogP) is 0.712. The van der Waals surface area contributed by atoms with Gasteiger partial charge in [-0.2, -0.15) is 0 Å². The van der Waals surface area contributed by atoms with E-state index in [4.69, 9.17) is 9.47 Å². The maximum absolute atomic E-state index is 11.8. The van der Waals surface area contributed by atoms with E-state index in [1.165, 1.54) is 0 Å². The lowest BCUT2D eigenvalue weighted by atomic mass is 9.71. The third-order valence-electron chi connectivity index (χ3n) is 5.63. The fraction of sp³-hybridized carbons (Fsp3) is 0.588. The van der Waals surface area contributed by atoms with Crippen molar-refractivity contribution in [3.05, 3.63) is 29.8 Å². The van der Waals surface area contributed by atoms with Crippen molar-refractivity contribution in [2.45, 2.75) is 55.8 Å². The maximum atomic E-state index is 11.8. The van der Waals surface area contributed by atoms with Crippen molar-refractivity contribution < 1.29 is 24.3 Å². The molecule has 4 rings (SSSR count). The molecule has 5 atom stereocenters. The Morgan fingerprint density at radius 3 is 2.83 bits per heavy atom. The fourth-order valence-corrected chi connectivity index (χ4v) is 4.44. The molecule has 0 saturated carbocycles. The van der Waals surface area contributed by atoms with Gasteiger partial charge in [0.2, 0.25) is 6.41 Å². The number of hydrogen-bond acceptors (Lipinski definition) is 5. The van der Waals surface area contributed by atoms with E-state index in [2.05, 4.69) is 0 Å². The summed E-state index contributed by atoms with van der Waals surface area (Å²) in [4.78, 5) is 13.3. The Morgan fingerprint density at radius 1 is 1.33 bits per heavy atom. The second-order valence-corrected chi connectivity index (χ2v) is 6.99. The van der Waals surface area contributed by atoms with Gasteiger partial charge in [0.05, 0.1) is 30.8 Å². The molecule has 2 bridgehead atoms. The molecule has 1 aromatic rings. The van der Waals surface area contributed by atoms with Gasteiger partial charge in [-0.15, -0.1) is 0 Å². The van der Waals surface area contributed by atoms with Crippen LogP contribution >= 0.6 is 0 Å². The van der Waals surface area contributed by atoms with E-state index in [-0.39, 0.29) is 24.2 Å². The Morgan fingerprint density at radius 2 is 2.17 bits per heavy atom. The number of fused-ring (bicyclic) bond motifs is 3. The monoisotopic (exact) mass is 331 g/mol. The van der Waals surface area contributed by atoms with Crippen molar-refractivity contribution in [2.24, 2.45) is 0 Å². The van der Waals surface area contributed by atoms with Gasteiger partial charge in [-0.05, 0) is 31.7 Å². The quantitative estimate of drug-likeness (QED) is 0.593. The average Bonchev–Trinajstić information content (AvgIpc) is 3.30. The Balaban J connectivity index is 1.53. The van der Waals surface area contributed by atoms with Crippen molar-refractivity contribution in [1.29, 1.82) is 0 Å². The minimum atomic E-state index is -1.58. The molecule has 0 aliphatic carbocycles. The molecule has 0 unspecified atom stereocenters. The minimum Gasteiger partial charge on any atom is -0.493 e. The van der Waals surface area contributed by atoms with Crippen LogP contribution in [0.4, 0.5) is 0 Å². The van der Waals surface area contributed by atoms with Gasteiger partial charge < -0.3 is 24.4 Å². The van der Waals surface area contributed by atoms with Crippen LogP contribution in [0.2, 0.25) is 0 Å². The smallest absolute Gasteiger partial charge is 0.475 e. The lowest BCUT2D eigenvalue weighted by Crippen LogP contribution is -2.54. The van der Waals surface area contributed by atoms with E-state index in [0.717, 1.165) is 37.0 Å². The van der Waals surface area contributed by atoms with E-state index >= 15 is 0 Å². The van der Waals surface area contributed by atoms with Crippen molar-refractivity contribution >= 4 is 13.5 Å². The van der Waals surface area contributed by atoms with Gasteiger partial charge in [-0.3, -0.25) is 4.79 Å². The standard InChI is InChI=1S/C17H22BNO5/c20-10-19(14-8-12-5-6-16(14)24-12)17(18(21)22)7-11-9-23-15-4-2-1-3-13(11)15/h1-4,10-12,14,16-17,21-22H,5-9H2/t11-,12+,14+,16-,17+/m1/s1. The van der Waals surface area contributed by atoms with E-state index in [9.17, 15) is 14.8 Å². The molecule has 3 heterocycles. The molecular weight excluding hydrogens is 309 g/mol. The number of nitrogens with zero attached hydrogens (tertiary/aromatic N) is 1. The first-order valence-corrected chi connectivity index (χ1v) is 8.63. The van der Waals surface area contributed by atoms with Crippen LogP contribution in [0.5, 0.6) is 5.75 Å². The second-order valence-electron chi connectivity index (χ2n) is 6.99. The van der Waals surface area contributed by atoms with Gasteiger partial charge in [0.25, 0.3) is 0 Å². The topological polar surface area (TPSA) is 79.2 Å². The van der Waals surface area contributed by atoms with E-state index in [1.807, 2.05) is 24.3 Å². The summed E-state index contributed by atoms with van der Waals surface area (Å²) in [6, 6.07) is 7.72. The zero-order valence-electron chi connectivity index (χ0n) is 13.5. The van der Waals surface area contributed by atoms with Crippen LogP contribution in [0.25, 0.3) is 0 Å². The summed E-state index contributed by atoms with van der Waals surface area (Å²) in [5.74, 6) is 0.236. The molecule has 1 amide bonds. The molecule has 0 spiro atoms. The first-order chi connectivity index (χ1) is 11.7. The molecule has 128 valence electrons. The highest BCUT2D eigenvalue weighted by molar-refractivity contribution is 6.43. The summed E-state index contributed by atoms with van der Waals surface area (Å²) in [7, 11) is -1.58. The van der Waals surface area contributed by atoms with Crippen LogP contribution in [0.3, 0.4) is 0 Å². The number of amides is 1. The van der Waals surface area contributed by atoms with Gasteiger partial charge in [0.1, 0.15) is 5.75 Å². The number of carbonyl (C=O) groups is 1. The first kappa shape index (κ1) is 15.9. The third-order valence-corrected chi connectivity index (χ3v) is 5.63. The predicted molar refractivity (Wildman–Crippen MR) is 87.5 cm³/mol. The normalized spacial score (nSPS) is 31.4.